The van der Waals surface area contributed by atoms with E-state index in [9.17, 15) is 0 Å². The van der Waals surface area contributed by atoms with Crippen molar-refractivity contribution in [3.05, 3.63) is 16.6 Å². The van der Waals surface area contributed by atoms with Crippen LogP contribution in [0.3, 0.4) is 0 Å². The summed E-state index contributed by atoms with van der Waals surface area (Å²) in [7, 11) is 0. The minimum absolute atomic E-state index is 0.441. The molecule has 3 unspecified atom stereocenters. The molecule has 0 bridgehead atoms. The number of aromatic nitrogens is 1. The van der Waals surface area contributed by atoms with Crippen LogP contribution in [-0.4, -0.2) is 24.6 Å². The molecule has 2 rings (SSSR count). The Morgan fingerprint density at radius 1 is 1.58 bits per heavy atom. The third-order valence-electron chi connectivity index (χ3n) is 4.29. The molecule has 2 heterocycles. The molecule has 0 saturated carbocycles. The number of piperidine rings is 1. The fourth-order valence-corrected chi connectivity index (χ4v) is 3.70. The summed E-state index contributed by atoms with van der Waals surface area (Å²) in [6, 6.07) is 0.441. The zero-order valence-corrected chi connectivity index (χ0v) is 13.0. The molecule has 0 radical (unpaired) electrons. The Labute approximate surface area is 121 Å². The van der Waals surface area contributed by atoms with E-state index in [0.29, 0.717) is 6.04 Å². The summed E-state index contributed by atoms with van der Waals surface area (Å²) in [5.41, 5.74) is 0. The number of rotatable bonds is 7. The van der Waals surface area contributed by atoms with Crippen molar-refractivity contribution in [1.82, 2.24) is 15.6 Å². The van der Waals surface area contributed by atoms with Crippen LogP contribution in [0.15, 0.2) is 11.6 Å². The van der Waals surface area contributed by atoms with Crippen molar-refractivity contribution in [2.24, 2.45) is 11.8 Å². The zero-order chi connectivity index (χ0) is 13.5. The van der Waals surface area contributed by atoms with Crippen LogP contribution >= 0.6 is 11.3 Å². The first-order valence-electron chi connectivity index (χ1n) is 7.64. The Morgan fingerprint density at radius 3 is 3.11 bits per heavy atom. The van der Waals surface area contributed by atoms with Crippen molar-refractivity contribution in [3.63, 3.8) is 0 Å². The molecule has 1 saturated heterocycles. The summed E-state index contributed by atoms with van der Waals surface area (Å²) >= 11 is 1.76. The van der Waals surface area contributed by atoms with E-state index in [0.717, 1.165) is 24.8 Å². The van der Waals surface area contributed by atoms with Gasteiger partial charge in [-0.15, -0.1) is 11.3 Å². The van der Waals surface area contributed by atoms with Gasteiger partial charge in [-0.2, -0.15) is 0 Å². The van der Waals surface area contributed by atoms with Gasteiger partial charge in [-0.25, -0.2) is 4.98 Å². The van der Waals surface area contributed by atoms with Crippen molar-refractivity contribution in [1.29, 1.82) is 0 Å². The lowest BCUT2D eigenvalue weighted by molar-refractivity contribution is 0.263. The lowest BCUT2D eigenvalue weighted by Gasteiger charge is -2.28. The van der Waals surface area contributed by atoms with Crippen molar-refractivity contribution in [3.8, 4) is 0 Å². The maximum Gasteiger partial charge on any atom is 0.109 e. The maximum atomic E-state index is 4.42. The molecular formula is C15H27N3S. The first-order valence-corrected chi connectivity index (χ1v) is 8.52. The fourth-order valence-electron chi connectivity index (χ4n) is 2.90. The van der Waals surface area contributed by atoms with Crippen molar-refractivity contribution in [2.45, 2.75) is 45.6 Å². The first kappa shape index (κ1) is 14.9. The summed E-state index contributed by atoms with van der Waals surface area (Å²) in [5.74, 6) is 1.68. The van der Waals surface area contributed by atoms with Crippen LogP contribution < -0.4 is 10.6 Å². The van der Waals surface area contributed by atoms with Crippen molar-refractivity contribution >= 4 is 11.3 Å². The van der Waals surface area contributed by atoms with Gasteiger partial charge in [-0.1, -0.05) is 13.8 Å². The van der Waals surface area contributed by atoms with Gasteiger partial charge in [-0.3, -0.25) is 0 Å². The molecule has 108 valence electrons. The molecule has 0 aliphatic carbocycles. The maximum absolute atomic E-state index is 4.42. The summed E-state index contributed by atoms with van der Waals surface area (Å²) < 4.78 is 0. The standard InChI is InChI=1S/C15H27N3S/c1-3-14(15-18-9-10-19-15)17-8-6-12(2)13-5-4-7-16-11-13/h9-10,12-14,16-17H,3-8,11H2,1-2H3. The van der Waals surface area contributed by atoms with E-state index >= 15 is 0 Å². The Kier molecular flexibility index (Phi) is 6.28. The van der Waals surface area contributed by atoms with Gasteiger partial charge in [0.05, 0.1) is 6.04 Å². The predicted molar refractivity (Wildman–Crippen MR) is 82.5 cm³/mol. The van der Waals surface area contributed by atoms with Crippen molar-refractivity contribution < 1.29 is 0 Å². The molecule has 0 aromatic carbocycles. The van der Waals surface area contributed by atoms with Gasteiger partial charge in [0.25, 0.3) is 0 Å². The molecule has 1 aromatic heterocycles. The van der Waals surface area contributed by atoms with E-state index in [1.165, 1.54) is 37.4 Å². The minimum atomic E-state index is 0.441. The molecule has 1 aliphatic heterocycles. The molecule has 1 fully saturated rings. The monoisotopic (exact) mass is 281 g/mol. The van der Waals surface area contributed by atoms with E-state index in [2.05, 4.69) is 34.8 Å². The average molecular weight is 281 g/mol. The summed E-state index contributed by atoms with van der Waals surface area (Å²) in [4.78, 5) is 4.42. The third kappa shape index (κ3) is 4.55. The highest BCUT2D eigenvalue weighted by Gasteiger charge is 2.20. The van der Waals surface area contributed by atoms with Crippen LogP contribution in [0.25, 0.3) is 0 Å². The fraction of sp³-hybridized carbons (Fsp3) is 0.800. The van der Waals surface area contributed by atoms with Gasteiger partial charge in [0.2, 0.25) is 0 Å². The summed E-state index contributed by atoms with van der Waals surface area (Å²) in [6.07, 6.45) is 7.04. The molecule has 0 amide bonds. The molecule has 2 N–H and O–H groups in total. The largest absolute Gasteiger partial charge is 0.316 e. The molecule has 0 spiro atoms. The molecular weight excluding hydrogens is 254 g/mol. The lowest BCUT2D eigenvalue weighted by Crippen LogP contribution is -2.34. The van der Waals surface area contributed by atoms with Gasteiger partial charge >= 0.3 is 0 Å². The van der Waals surface area contributed by atoms with Gasteiger partial charge in [0, 0.05) is 11.6 Å². The third-order valence-corrected chi connectivity index (χ3v) is 5.18. The van der Waals surface area contributed by atoms with Gasteiger partial charge in [0.15, 0.2) is 0 Å². The van der Waals surface area contributed by atoms with E-state index < -0.39 is 0 Å². The van der Waals surface area contributed by atoms with Crippen LogP contribution in [0.4, 0.5) is 0 Å². The van der Waals surface area contributed by atoms with E-state index in [1.807, 2.05) is 6.20 Å². The van der Waals surface area contributed by atoms with Gasteiger partial charge in [0.1, 0.15) is 5.01 Å². The van der Waals surface area contributed by atoms with E-state index in [-0.39, 0.29) is 0 Å². The second-order valence-electron chi connectivity index (χ2n) is 5.66. The second kappa shape index (κ2) is 7.98. The minimum Gasteiger partial charge on any atom is -0.316 e. The molecule has 3 nitrogen and oxygen atoms in total. The van der Waals surface area contributed by atoms with Crippen LogP contribution in [0, 0.1) is 11.8 Å². The van der Waals surface area contributed by atoms with Crippen LogP contribution in [0.5, 0.6) is 0 Å². The quantitative estimate of drug-likeness (QED) is 0.806. The average Bonchev–Trinajstić information content (AvgIpc) is 2.98. The van der Waals surface area contributed by atoms with E-state index in [4.69, 9.17) is 0 Å². The highest BCUT2D eigenvalue weighted by Crippen LogP contribution is 2.23. The second-order valence-corrected chi connectivity index (χ2v) is 6.58. The Morgan fingerprint density at radius 2 is 2.47 bits per heavy atom. The van der Waals surface area contributed by atoms with Crippen LogP contribution in [0.1, 0.15) is 50.6 Å². The molecule has 1 aliphatic rings. The van der Waals surface area contributed by atoms with Crippen LogP contribution in [-0.2, 0) is 0 Å². The molecule has 19 heavy (non-hydrogen) atoms. The Balaban J connectivity index is 1.70. The Hall–Kier alpha value is -0.450. The number of thiazole rings is 1. The molecule has 1 aromatic rings. The highest BCUT2D eigenvalue weighted by atomic mass is 32.1. The lowest BCUT2D eigenvalue weighted by atomic mass is 9.85. The molecule has 3 atom stereocenters. The van der Waals surface area contributed by atoms with Gasteiger partial charge < -0.3 is 10.6 Å². The van der Waals surface area contributed by atoms with Crippen molar-refractivity contribution in [2.75, 3.05) is 19.6 Å². The van der Waals surface area contributed by atoms with E-state index in [1.54, 1.807) is 11.3 Å². The Bertz CT molecular complexity index is 333. The number of nitrogens with one attached hydrogen (secondary N) is 2. The van der Waals surface area contributed by atoms with Crippen LogP contribution in [0.2, 0.25) is 0 Å². The van der Waals surface area contributed by atoms with Gasteiger partial charge in [-0.05, 0) is 57.2 Å². The smallest absolute Gasteiger partial charge is 0.109 e. The SMILES string of the molecule is CCC(NCCC(C)C1CCCNC1)c1nccs1. The number of hydrogen-bond donors (Lipinski definition) is 2. The number of hydrogen-bond acceptors (Lipinski definition) is 4. The first-order chi connectivity index (χ1) is 9.31. The topological polar surface area (TPSA) is 37.0 Å². The summed E-state index contributed by atoms with van der Waals surface area (Å²) in [5, 5.41) is 10.5. The zero-order valence-electron chi connectivity index (χ0n) is 12.2. The highest BCUT2D eigenvalue weighted by molar-refractivity contribution is 7.09. The predicted octanol–water partition coefficient (Wildman–Crippen LogP) is 3.21. The number of nitrogens with zero attached hydrogens (tertiary/aromatic N) is 1. The summed E-state index contributed by atoms with van der Waals surface area (Å²) in [6.45, 7) is 8.17. The normalized spacial score (nSPS) is 23.2. The molecule has 4 heteroatoms.